The van der Waals surface area contributed by atoms with Gasteiger partial charge in [0.1, 0.15) is 11.3 Å². The van der Waals surface area contributed by atoms with Gasteiger partial charge in [0.2, 0.25) is 0 Å². The summed E-state index contributed by atoms with van der Waals surface area (Å²) in [6, 6.07) is 9.41. The van der Waals surface area contributed by atoms with Crippen LogP contribution < -0.4 is 20.7 Å². The molecule has 178 valence electrons. The lowest BCUT2D eigenvalue weighted by Gasteiger charge is -2.34. The normalized spacial score (nSPS) is 16.7. The molecule has 1 aliphatic carbocycles. The van der Waals surface area contributed by atoms with E-state index in [0.717, 1.165) is 46.7 Å². The Kier molecular flexibility index (Phi) is 6.16. The van der Waals surface area contributed by atoms with Crippen molar-refractivity contribution in [2.24, 2.45) is 12.0 Å². The average Bonchev–Trinajstić information content (AvgIpc) is 3.56. The zero-order valence-electron chi connectivity index (χ0n) is 20.1. The fourth-order valence-corrected chi connectivity index (χ4v) is 4.72. The maximum Gasteiger partial charge on any atom is 0.136 e. The first kappa shape index (κ1) is 22.3. The number of aliphatic imine (C=N–C) groups is 1. The summed E-state index contributed by atoms with van der Waals surface area (Å²) in [5, 5.41) is 9.68. The van der Waals surface area contributed by atoms with Crippen LogP contribution in [0.5, 0.6) is 5.75 Å². The van der Waals surface area contributed by atoms with E-state index in [1.807, 2.05) is 17.8 Å². The molecule has 0 amide bonds. The fraction of sp³-hybridized carbons (Fsp3) is 0.407. The van der Waals surface area contributed by atoms with Gasteiger partial charge in [-0.15, -0.1) is 0 Å². The molecule has 1 saturated heterocycles. The number of hydrogen-bond donors (Lipinski definition) is 2. The van der Waals surface area contributed by atoms with Gasteiger partial charge >= 0.3 is 0 Å². The van der Waals surface area contributed by atoms with Crippen molar-refractivity contribution in [3.05, 3.63) is 47.2 Å². The van der Waals surface area contributed by atoms with Gasteiger partial charge in [-0.1, -0.05) is 11.8 Å². The molecule has 7 heteroatoms. The van der Waals surface area contributed by atoms with Crippen LogP contribution in [0.2, 0.25) is 0 Å². The summed E-state index contributed by atoms with van der Waals surface area (Å²) in [5.74, 6) is 7.25. The Morgan fingerprint density at radius 2 is 1.88 bits per heavy atom. The molecule has 2 heterocycles. The van der Waals surface area contributed by atoms with E-state index >= 15 is 0 Å². The molecule has 0 bridgehead atoms. The first-order valence-electron chi connectivity index (χ1n) is 11.9. The van der Waals surface area contributed by atoms with Crippen LogP contribution in [0.15, 0.2) is 35.5 Å². The lowest BCUT2D eigenvalue weighted by Crippen LogP contribution is -2.43. The number of nitrogens with two attached hydrogens (primary N) is 1. The number of anilines is 2. The van der Waals surface area contributed by atoms with Crippen molar-refractivity contribution in [3.8, 4) is 17.6 Å². The summed E-state index contributed by atoms with van der Waals surface area (Å²) in [4.78, 5) is 6.58. The summed E-state index contributed by atoms with van der Waals surface area (Å²) >= 11 is 0. The number of nitrogens with one attached hydrogen (secondary N) is 1. The van der Waals surface area contributed by atoms with Crippen molar-refractivity contribution in [2.75, 3.05) is 37.9 Å². The van der Waals surface area contributed by atoms with Crippen LogP contribution in [0.4, 0.5) is 11.4 Å². The third-order valence-electron chi connectivity index (χ3n) is 6.66. The second-order valence-corrected chi connectivity index (χ2v) is 9.22. The van der Waals surface area contributed by atoms with Crippen LogP contribution in [0.1, 0.15) is 43.8 Å². The first-order valence-corrected chi connectivity index (χ1v) is 11.9. The molecular formula is C27H34N6O. The average molecular weight is 459 g/mol. The quantitative estimate of drug-likeness (QED) is 0.347. The lowest BCUT2D eigenvalue weighted by atomic mass is 10.0. The number of aromatic nitrogens is 2. The molecule has 1 aliphatic heterocycles. The van der Waals surface area contributed by atoms with E-state index in [9.17, 15) is 0 Å². The molecule has 1 aromatic heterocycles. The van der Waals surface area contributed by atoms with E-state index in [4.69, 9.17) is 15.6 Å². The number of aryl methyl sites for hydroxylation is 1. The smallest absolute Gasteiger partial charge is 0.136 e. The van der Waals surface area contributed by atoms with Crippen LogP contribution >= 0.6 is 0 Å². The maximum atomic E-state index is 6.12. The van der Waals surface area contributed by atoms with E-state index in [0.29, 0.717) is 17.5 Å². The zero-order chi connectivity index (χ0) is 23.7. The Hall–Kier alpha value is -3.50. The number of fused-ring (bicyclic) bond motifs is 1. The van der Waals surface area contributed by atoms with Crippen LogP contribution in [-0.2, 0) is 7.05 Å². The molecule has 34 heavy (non-hydrogen) atoms. The number of nitrogens with zero attached hydrogens (tertiary/aromatic N) is 4. The second-order valence-electron chi connectivity index (χ2n) is 9.22. The van der Waals surface area contributed by atoms with Gasteiger partial charge in [-0.25, -0.2) is 0 Å². The zero-order valence-corrected chi connectivity index (χ0v) is 20.1. The number of methoxy groups -OCH3 is 1. The number of rotatable bonds is 5. The van der Waals surface area contributed by atoms with Gasteiger partial charge in [-0.2, -0.15) is 5.10 Å². The molecule has 2 aromatic carbocycles. The van der Waals surface area contributed by atoms with E-state index in [1.54, 1.807) is 26.4 Å². The molecular weight excluding hydrogens is 424 g/mol. The fourth-order valence-electron chi connectivity index (χ4n) is 4.72. The SMILES string of the molecule is CN=Cc1cc(C#Cc2ccc(N3CCC(NC4CC4)CC3)c3cn(C)nc23)c(OC)cc1N.[HH]. The van der Waals surface area contributed by atoms with E-state index in [2.05, 4.69) is 45.4 Å². The molecule has 7 nitrogen and oxygen atoms in total. The maximum absolute atomic E-state index is 6.12. The summed E-state index contributed by atoms with van der Waals surface area (Å²) in [6.45, 7) is 2.12. The Morgan fingerprint density at radius 1 is 1.15 bits per heavy atom. The second kappa shape index (κ2) is 9.40. The third kappa shape index (κ3) is 4.59. The van der Waals surface area contributed by atoms with E-state index in [1.165, 1.54) is 31.4 Å². The highest BCUT2D eigenvalue weighted by Gasteiger charge is 2.27. The largest absolute Gasteiger partial charge is 0.495 e. The molecule has 0 atom stereocenters. The van der Waals surface area contributed by atoms with Gasteiger partial charge in [0.25, 0.3) is 0 Å². The summed E-state index contributed by atoms with van der Waals surface area (Å²) in [7, 11) is 5.31. The van der Waals surface area contributed by atoms with Crippen LogP contribution in [0.3, 0.4) is 0 Å². The van der Waals surface area contributed by atoms with Crippen molar-refractivity contribution < 1.29 is 6.16 Å². The molecule has 0 unspecified atom stereocenters. The Labute approximate surface area is 202 Å². The summed E-state index contributed by atoms with van der Waals surface area (Å²) in [5.41, 5.74) is 11.4. The van der Waals surface area contributed by atoms with Crippen molar-refractivity contribution in [1.82, 2.24) is 15.1 Å². The van der Waals surface area contributed by atoms with E-state index in [-0.39, 0.29) is 1.43 Å². The minimum absolute atomic E-state index is 0. The summed E-state index contributed by atoms with van der Waals surface area (Å²) < 4.78 is 7.39. The van der Waals surface area contributed by atoms with Gasteiger partial charge in [-0.05, 0) is 43.9 Å². The lowest BCUT2D eigenvalue weighted by molar-refractivity contribution is 0.413. The van der Waals surface area contributed by atoms with Gasteiger partial charge < -0.3 is 20.7 Å². The van der Waals surface area contributed by atoms with Gasteiger partial charge in [0.15, 0.2) is 0 Å². The highest BCUT2D eigenvalue weighted by molar-refractivity contribution is 5.95. The monoisotopic (exact) mass is 458 g/mol. The molecule has 3 N–H and O–H groups in total. The highest BCUT2D eigenvalue weighted by atomic mass is 16.5. The summed E-state index contributed by atoms with van der Waals surface area (Å²) in [6.07, 6.45) is 8.88. The predicted octanol–water partition coefficient (Wildman–Crippen LogP) is 3.58. The topological polar surface area (TPSA) is 80.7 Å². The molecule has 5 rings (SSSR count). The Morgan fingerprint density at radius 3 is 2.59 bits per heavy atom. The molecule has 3 aromatic rings. The molecule has 2 aliphatic rings. The number of hydrogen-bond acceptors (Lipinski definition) is 6. The molecule has 2 fully saturated rings. The van der Waals surface area contributed by atoms with Crippen molar-refractivity contribution in [3.63, 3.8) is 0 Å². The highest BCUT2D eigenvalue weighted by Crippen LogP contribution is 2.32. The van der Waals surface area contributed by atoms with Gasteiger partial charge in [-0.3, -0.25) is 9.67 Å². The van der Waals surface area contributed by atoms with Crippen molar-refractivity contribution in [2.45, 2.75) is 37.8 Å². The number of ether oxygens (including phenoxy) is 1. The van der Waals surface area contributed by atoms with Gasteiger partial charge in [0, 0.05) is 81.5 Å². The first-order chi connectivity index (χ1) is 16.6. The third-order valence-corrected chi connectivity index (χ3v) is 6.66. The minimum atomic E-state index is 0. The standard InChI is InChI=1S/C27H32N6O.H2/c1-29-16-20-14-19(26(34-3)15-24(20)28)5-4-18-6-9-25(23-17-32(2)31-27(18)23)33-12-10-22(11-13-33)30-21-7-8-21;/h6,9,14-17,21-22,30H,7-8,10-13,28H2,1-3H3;1H. The number of benzene rings is 2. The van der Waals surface area contributed by atoms with Gasteiger partial charge in [0.05, 0.1) is 18.2 Å². The minimum Gasteiger partial charge on any atom is -0.495 e. The van der Waals surface area contributed by atoms with Crippen LogP contribution in [-0.4, -0.2) is 55.3 Å². The Balaban J connectivity index is 0.00000289. The molecule has 0 radical (unpaired) electrons. The number of piperidine rings is 1. The number of nitrogen functional groups attached to an aromatic ring is 1. The predicted molar refractivity (Wildman–Crippen MR) is 141 cm³/mol. The van der Waals surface area contributed by atoms with Crippen LogP contribution in [0, 0.1) is 11.8 Å². The Bertz CT molecular complexity index is 1290. The molecule has 0 spiro atoms. The molecule has 1 saturated carbocycles. The van der Waals surface area contributed by atoms with Crippen molar-refractivity contribution >= 4 is 28.5 Å². The van der Waals surface area contributed by atoms with Crippen molar-refractivity contribution in [1.29, 1.82) is 0 Å². The van der Waals surface area contributed by atoms with Crippen LogP contribution in [0.25, 0.3) is 10.9 Å². The van der Waals surface area contributed by atoms with E-state index < -0.39 is 0 Å².